The molecule has 0 aromatic rings. The topological polar surface area (TPSA) is 146 Å². The summed E-state index contributed by atoms with van der Waals surface area (Å²) in [4.78, 5) is 24.5. The van der Waals surface area contributed by atoms with Crippen LogP contribution in [0, 0.1) is 5.92 Å². The Bertz CT molecular complexity index is 613. The summed E-state index contributed by atoms with van der Waals surface area (Å²) >= 11 is 5.04. The molecule has 1 saturated heterocycles. The zero-order chi connectivity index (χ0) is 24.4. The molecule has 2 rings (SSSR count). The second-order valence-electron chi connectivity index (χ2n) is 8.76. The minimum Gasteiger partial charge on any atom is -0.464 e. The number of esters is 1. The van der Waals surface area contributed by atoms with Crippen molar-refractivity contribution in [2.24, 2.45) is 5.92 Å². The van der Waals surface area contributed by atoms with Gasteiger partial charge in [0.15, 0.2) is 0 Å². The Morgan fingerprint density at radius 1 is 0.970 bits per heavy atom. The molecule has 1 amide bonds. The molecule has 1 heterocycles. The number of carbonyl (C=O) groups is 2. The molecule has 0 bridgehead atoms. The van der Waals surface area contributed by atoms with Gasteiger partial charge in [0.1, 0.15) is 23.7 Å². The quantitative estimate of drug-likeness (QED) is 0.106. The SMILES string of the molecule is CCCCCCCCCCOC(=O)C(CS)NC(=O)CS[C@@H]1O[C@@H]2C(O)C2[C@H](O)[C@H](O)[C@H]1O. The van der Waals surface area contributed by atoms with Gasteiger partial charge < -0.3 is 35.2 Å². The second-order valence-corrected chi connectivity index (χ2v) is 10.2. The van der Waals surface area contributed by atoms with E-state index in [1.54, 1.807) is 0 Å². The maximum absolute atomic E-state index is 12.3. The predicted octanol–water partition coefficient (Wildman–Crippen LogP) is 0.616. The summed E-state index contributed by atoms with van der Waals surface area (Å²) in [5, 5.41) is 42.5. The van der Waals surface area contributed by atoms with E-state index in [4.69, 9.17) is 9.47 Å². The fraction of sp³-hybridized carbons (Fsp3) is 0.909. The number of amides is 1. The van der Waals surface area contributed by atoms with Crippen molar-refractivity contribution in [3.8, 4) is 0 Å². The third-order valence-corrected chi connectivity index (χ3v) is 7.57. The van der Waals surface area contributed by atoms with Gasteiger partial charge in [-0.2, -0.15) is 12.6 Å². The first kappa shape index (κ1) is 28.7. The molecule has 2 fully saturated rings. The number of unbranched alkanes of at least 4 members (excludes halogenated alkanes) is 7. The Morgan fingerprint density at radius 2 is 1.61 bits per heavy atom. The van der Waals surface area contributed by atoms with E-state index in [1.807, 2.05) is 0 Å². The monoisotopic (exact) mass is 509 g/mol. The standard InChI is InChI=1S/C22H39NO8S2/c1-2-3-4-5-6-7-8-9-10-30-21(29)13(11-32)23-14(24)12-33-22-19(28)18(27)16(25)15-17(26)20(15)31-22/h13,15-20,22,25-28,32H,2-12H2,1H3,(H,23,24)/t13?,15?,16-,17?,18-,19+,20-,22-/m0/s1. The van der Waals surface area contributed by atoms with E-state index in [0.717, 1.165) is 31.0 Å². The summed E-state index contributed by atoms with van der Waals surface area (Å²) < 4.78 is 10.8. The maximum atomic E-state index is 12.3. The number of thiol groups is 1. The van der Waals surface area contributed by atoms with Crippen LogP contribution < -0.4 is 5.32 Å². The Kier molecular flexibility index (Phi) is 12.8. The van der Waals surface area contributed by atoms with Gasteiger partial charge >= 0.3 is 5.97 Å². The number of carbonyl (C=O) groups excluding carboxylic acids is 2. The van der Waals surface area contributed by atoms with Gasteiger partial charge in [0.2, 0.25) is 5.91 Å². The molecule has 192 valence electrons. The molecule has 3 unspecified atom stereocenters. The molecule has 5 N–H and O–H groups in total. The fourth-order valence-corrected chi connectivity index (χ4v) is 5.11. The number of hydrogen-bond donors (Lipinski definition) is 6. The molecule has 1 aliphatic heterocycles. The smallest absolute Gasteiger partial charge is 0.329 e. The van der Waals surface area contributed by atoms with Crippen molar-refractivity contribution in [2.45, 2.75) is 100 Å². The van der Waals surface area contributed by atoms with Crippen LogP contribution in [0.15, 0.2) is 0 Å². The molecule has 9 nitrogen and oxygen atoms in total. The fourth-order valence-electron chi connectivity index (χ4n) is 3.90. The number of hydrogen-bond acceptors (Lipinski definition) is 10. The molecule has 11 heteroatoms. The molecule has 0 spiro atoms. The maximum Gasteiger partial charge on any atom is 0.329 e. The molecule has 0 aromatic carbocycles. The molecule has 0 radical (unpaired) electrons. The normalized spacial score (nSPS) is 31.9. The van der Waals surface area contributed by atoms with Gasteiger partial charge in [-0.1, -0.05) is 51.9 Å². The summed E-state index contributed by atoms with van der Waals surface area (Å²) in [6.07, 6.45) is 3.27. The van der Waals surface area contributed by atoms with Crippen molar-refractivity contribution in [1.29, 1.82) is 0 Å². The second kappa shape index (κ2) is 14.8. The summed E-state index contributed by atoms with van der Waals surface area (Å²) in [5.74, 6) is -1.76. The lowest BCUT2D eigenvalue weighted by Gasteiger charge is -2.26. The van der Waals surface area contributed by atoms with Crippen molar-refractivity contribution in [3.05, 3.63) is 0 Å². The van der Waals surface area contributed by atoms with Crippen molar-refractivity contribution in [3.63, 3.8) is 0 Å². The first-order chi connectivity index (χ1) is 15.8. The zero-order valence-electron chi connectivity index (χ0n) is 19.2. The molecule has 0 aromatic heterocycles. The van der Waals surface area contributed by atoms with Gasteiger partial charge in [0.25, 0.3) is 0 Å². The number of ether oxygens (including phenoxy) is 2. The molecule has 2 aliphatic rings. The first-order valence-corrected chi connectivity index (χ1v) is 13.6. The van der Waals surface area contributed by atoms with Crippen LogP contribution >= 0.6 is 24.4 Å². The summed E-state index contributed by atoms with van der Waals surface area (Å²) in [7, 11) is 0. The van der Waals surface area contributed by atoms with Crippen molar-refractivity contribution >= 4 is 36.3 Å². The summed E-state index contributed by atoms with van der Waals surface area (Å²) in [6, 6.07) is -0.891. The van der Waals surface area contributed by atoms with Gasteiger partial charge in [0, 0.05) is 11.7 Å². The lowest BCUT2D eigenvalue weighted by molar-refractivity contribution is -0.147. The van der Waals surface area contributed by atoms with E-state index in [-0.39, 0.29) is 11.5 Å². The van der Waals surface area contributed by atoms with Crippen LogP contribution in [-0.4, -0.2) is 92.4 Å². The van der Waals surface area contributed by atoms with Crippen molar-refractivity contribution in [1.82, 2.24) is 5.32 Å². The van der Waals surface area contributed by atoms with E-state index in [1.165, 1.54) is 32.1 Å². The van der Waals surface area contributed by atoms with Gasteiger partial charge in [-0.15, -0.1) is 11.8 Å². The van der Waals surface area contributed by atoms with E-state index in [0.29, 0.717) is 6.61 Å². The molecule has 1 aliphatic carbocycles. The van der Waals surface area contributed by atoms with Crippen LogP contribution in [0.5, 0.6) is 0 Å². The van der Waals surface area contributed by atoms with Crippen molar-refractivity contribution < 1.29 is 39.5 Å². The largest absolute Gasteiger partial charge is 0.464 e. The van der Waals surface area contributed by atoms with Gasteiger partial charge in [-0.25, -0.2) is 4.79 Å². The highest BCUT2D eigenvalue weighted by Crippen LogP contribution is 2.44. The Labute approximate surface area is 205 Å². The number of fused-ring (bicyclic) bond motifs is 1. The highest BCUT2D eigenvalue weighted by molar-refractivity contribution is 8.00. The minimum atomic E-state index is -1.49. The van der Waals surface area contributed by atoms with E-state index < -0.39 is 59.8 Å². The Hall–Kier alpha value is -0.560. The highest BCUT2D eigenvalue weighted by atomic mass is 32.2. The van der Waals surface area contributed by atoms with Crippen molar-refractivity contribution in [2.75, 3.05) is 18.1 Å². The number of thioether (sulfide) groups is 1. The van der Waals surface area contributed by atoms with Gasteiger partial charge in [0.05, 0.1) is 30.7 Å². The minimum absolute atomic E-state index is 0.0794. The lowest BCUT2D eigenvalue weighted by Crippen LogP contribution is -2.46. The van der Waals surface area contributed by atoms with Gasteiger partial charge in [-0.3, -0.25) is 4.79 Å². The van der Waals surface area contributed by atoms with Crippen LogP contribution in [0.3, 0.4) is 0 Å². The molecule has 33 heavy (non-hydrogen) atoms. The molecular weight excluding hydrogens is 470 g/mol. The first-order valence-electron chi connectivity index (χ1n) is 11.9. The number of rotatable bonds is 15. The summed E-state index contributed by atoms with van der Waals surface area (Å²) in [5.41, 5.74) is -1.00. The lowest BCUT2D eigenvalue weighted by atomic mass is 10.1. The summed E-state index contributed by atoms with van der Waals surface area (Å²) in [6.45, 7) is 2.49. The molecular formula is C22H39NO8S2. The van der Waals surface area contributed by atoms with Gasteiger partial charge in [-0.05, 0) is 6.42 Å². The van der Waals surface area contributed by atoms with Crippen LogP contribution in [0.4, 0.5) is 0 Å². The highest BCUT2D eigenvalue weighted by Gasteiger charge is 2.61. The third-order valence-electron chi connectivity index (χ3n) is 6.06. The average Bonchev–Trinajstić information content (AvgIpc) is 3.46. The number of nitrogens with one attached hydrogen (secondary N) is 1. The van der Waals surface area contributed by atoms with E-state index in [9.17, 15) is 30.0 Å². The molecule has 8 atom stereocenters. The van der Waals surface area contributed by atoms with Crippen LogP contribution in [-0.2, 0) is 19.1 Å². The predicted molar refractivity (Wildman–Crippen MR) is 128 cm³/mol. The Balaban J connectivity index is 1.64. The number of aliphatic hydroxyl groups excluding tert-OH is 4. The third kappa shape index (κ3) is 8.87. The van der Waals surface area contributed by atoms with Crippen LogP contribution in [0.1, 0.15) is 58.3 Å². The van der Waals surface area contributed by atoms with E-state index >= 15 is 0 Å². The average molecular weight is 510 g/mol. The molecule has 1 saturated carbocycles. The van der Waals surface area contributed by atoms with Crippen LogP contribution in [0.25, 0.3) is 0 Å². The number of aliphatic hydroxyl groups is 4. The van der Waals surface area contributed by atoms with E-state index in [2.05, 4.69) is 24.9 Å². The zero-order valence-corrected chi connectivity index (χ0v) is 20.9. The Morgan fingerprint density at radius 3 is 2.24 bits per heavy atom. The van der Waals surface area contributed by atoms with Crippen LogP contribution in [0.2, 0.25) is 0 Å².